The maximum Gasteiger partial charge on any atom is 0.0332 e. The van der Waals surface area contributed by atoms with Crippen molar-refractivity contribution in [2.24, 2.45) is 5.73 Å². The Labute approximate surface area is 106 Å². The number of nitrogens with two attached hydrogens (primary N) is 1. The molecule has 0 atom stereocenters. The molecule has 0 aromatic heterocycles. The van der Waals surface area contributed by atoms with Crippen molar-refractivity contribution in [3.05, 3.63) is 34.3 Å². The molecule has 1 aliphatic rings. The van der Waals surface area contributed by atoms with Crippen molar-refractivity contribution in [3.63, 3.8) is 0 Å². The van der Waals surface area contributed by atoms with Gasteiger partial charge in [0.1, 0.15) is 0 Å². The average molecular weight is 283 g/mol. The molecule has 0 radical (unpaired) electrons. The molecule has 0 saturated heterocycles. The molecule has 0 heterocycles. The highest BCUT2D eigenvalue weighted by molar-refractivity contribution is 9.10. The average Bonchev–Trinajstić information content (AvgIpc) is 2.21. The maximum absolute atomic E-state index is 5.91. The highest BCUT2D eigenvalue weighted by Gasteiger charge is 2.39. The van der Waals surface area contributed by atoms with E-state index in [0.29, 0.717) is 0 Å². The molecule has 3 heteroatoms. The van der Waals surface area contributed by atoms with Gasteiger partial charge in [-0.3, -0.25) is 4.90 Å². The molecule has 16 heavy (non-hydrogen) atoms. The fourth-order valence-electron chi connectivity index (χ4n) is 2.38. The number of nitrogens with zero attached hydrogens (tertiary/aromatic N) is 1. The van der Waals surface area contributed by atoms with Crippen LogP contribution in [0, 0.1) is 0 Å². The topological polar surface area (TPSA) is 29.3 Å². The second-order valence-corrected chi connectivity index (χ2v) is 5.58. The minimum atomic E-state index is 0.259. The zero-order valence-corrected chi connectivity index (χ0v) is 11.3. The predicted octanol–water partition coefficient (Wildman–Crippen LogP) is 2.76. The van der Waals surface area contributed by atoms with Gasteiger partial charge in [-0.15, -0.1) is 0 Å². The van der Waals surface area contributed by atoms with E-state index < -0.39 is 0 Å². The van der Waals surface area contributed by atoms with Crippen LogP contribution in [-0.4, -0.2) is 24.0 Å². The van der Waals surface area contributed by atoms with Crippen LogP contribution in [0.25, 0.3) is 0 Å². The zero-order chi connectivity index (χ0) is 11.6. The molecule has 2 N–H and O–H groups in total. The first-order chi connectivity index (χ1) is 7.68. The van der Waals surface area contributed by atoms with Gasteiger partial charge in [0.25, 0.3) is 0 Å². The highest BCUT2D eigenvalue weighted by atomic mass is 79.9. The summed E-state index contributed by atoms with van der Waals surface area (Å²) < 4.78 is 1.19. The molecule has 88 valence electrons. The molecular weight excluding hydrogens is 264 g/mol. The molecule has 1 aromatic carbocycles. The van der Waals surface area contributed by atoms with Gasteiger partial charge in [0.15, 0.2) is 0 Å². The summed E-state index contributed by atoms with van der Waals surface area (Å²) >= 11 is 3.60. The van der Waals surface area contributed by atoms with Crippen LogP contribution in [0.15, 0.2) is 28.7 Å². The predicted molar refractivity (Wildman–Crippen MR) is 71.2 cm³/mol. The Morgan fingerprint density at radius 2 is 2.06 bits per heavy atom. The van der Waals surface area contributed by atoms with E-state index in [-0.39, 0.29) is 5.54 Å². The fourth-order valence-corrected chi connectivity index (χ4v) is 2.79. The van der Waals surface area contributed by atoms with Crippen molar-refractivity contribution >= 4 is 15.9 Å². The van der Waals surface area contributed by atoms with Gasteiger partial charge in [0.05, 0.1) is 0 Å². The summed E-state index contributed by atoms with van der Waals surface area (Å²) in [5.74, 6) is 0. The SMILES string of the molecule is CN(Cc1ccccc1Br)C1(CN)CCC1. The summed E-state index contributed by atoms with van der Waals surface area (Å²) in [6.07, 6.45) is 3.80. The van der Waals surface area contributed by atoms with Gasteiger partial charge in [0.2, 0.25) is 0 Å². The molecule has 1 aromatic rings. The van der Waals surface area contributed by atoms with Crippen LogP contribution < -0.4 is 5.73 Å². The quantitative estimate of drug-likeness (QED) is 0.920. The van der Waals surface area contributed by atoms with E-state index >= 15 is 0 Å². The highest BCUT2D eigenvalue weighted by Crippen LogP contribution is 2.37. The van der Waals surface area contributed by atoms with Crippen LogP contribution in [-0.2, 0) is 6.54 Å². The Hall–Kier alpha value is -0.380. The van der Waals surface area contributed by atoms with Crippen molar-refractivity contribution in [2.45, 2.75) is 31.3 Å². The molecule has 0 aliphatic heterocycles. The third-order valence-electron chi connectivity index (χ3n) is 3.84. The number of rotatable bonds is 4. The van der Waals surface area contributed by atoms with Crippen LogP contribution in [0.1, 0.15) is 24.8 Å². The van der Waals surface area contributed by atoms with Crippen LogP contribution >= 0.6 is 15.9 Å². The summed E-state index contributed by atoms with van der Waals surface area (Å²) in [7, 11) is 2.19. The lowest BCUT2D eigenvalue weighted by Crippen LogP contribution is -2.56. The molecule has 2 nitrogen and oxygen atoms in total. The lowest BCUT2D eigenvalue weighted by atomic mass is 9.75. The fraction of sp³-hybridized carbons (Fsp3) is 0.538. The zero-order valence-electron chi connectivity index (χ0n) is 9.75. The minimum Gasteiger partial charge on any atom is -0.329 e. The van der Waals surface area contributed by atoms with Gasteiger partial charge >= 0.3 is 0 Å². The second-order valence-electron chi connectivity index (χ2n) is 4.73. The maximum atomic E-state index is 5.91. The van der Waals surface area contributed by atoms with Crippen molar-refractivity contribution in [1.29, 1.82) is 0 Å². The monoisotopic (exact) mass is 282 g/mol. The van der Waals surface area contributed by atoms with Gasteiger partial charge in [-0.25, -0.2) is 0 Å². The largest absolute Gasteiger partial charge is 0.329 e. The standard InChI is InChI=1S/C13H19BrN2/c1-16(13(10-15)7-4-8-13)9-11-5-2-3-6-12(11)14/h2-3,5-6H,4,7-10,15H2,1H3. The molecular formula is C13H19BrN2. The van der Waals surface area contributed by atoms with Gasteiger partial charge in [0, 0.05) is 23.1 Å². The van der Waals surface area contributed by atoms with Crippen molar-refractivity contribution in [2.75, 3.05) is 13.6 Å². The summed E-state index contributed by atoms with van der Waals surface area (Å²) in [6.45, 7) is 1.74. The van der Waals surface area contributed by atoms with Gasteiger partial charge in [-0.2, -0.15) is 0 Å². The number of hydrogen-bond acceptors (Lipinski definition) is 2. The Balaban J connectivity index is 2.07. The molecule has 0 unspecified atom stereocenters. The Morgan fingerprint density at radius 1 is 1.38 bits per heavy atom. The first kappa shape index (κ1) is 12.1. The second kappa shape index (κ2) is 4.86. The van der Waals surface area contributed by atoms with Crippen molar-refractivity contribution in [3.8, 4) is 0 Å². The van der Waals surface area contributed by atoms with Crippen LogP contribution in [0.5, 0.6) is 0 Å². The lowest BCUT2D eigenvalue weighted by molar-refractivity contribution is 0.0397. The number of benzene rings is 1. The summed E-state index contributed by atoms with van der Waals surface area (Å²) in [5.41, 5.74) is 7.50. The lowest BCUT2D eigenvalue weighted by Gasteiger charge is -2.48. The summed E-state index contributed by atoms with van der Waals surface area (Å²) in [4.78, 5) is 2.41. The van der Waals surface area contributed by atoms with Crippen LogP contribution in [0.4, 0.5) is 0 Å². The summed E-state index contributed by atoms with van der Waals surface area (Å²) in [6, 6.07) is 8.40. The number of hydrogen-bond donors (Lipinski definition) is 1. The molecule has 2 rings (SSSR count). The normalized spacial score (nSPS) is 18.5. The minimum absolute atomic E-state index is 0.259. The Morgan fingerprint density at radius 3 is 2.56 bits per heavy atom. The molecule has 0 spiro atoms. The molecule has 0 bridgehead atoms. The first-order valence-electron chi connectivity index (χ1n) is 5.83. The van der Waals surface area contributed by atoms with E-state index in [1.807, 2.05) is 0 Å². The Kier molecular flexibility index (Phi) is 3.67. The van der Waals surface area contributed by atoms with E-state index in [1.165, 1.54) is 29.3 Å². The first-order valence-corrected chi connectivity index (χ1v) is 6.62. The van der Waals surface area contributed by atoms with E-state index in [9.17, 15) is 0 Å². The van der Waals surface area contributed by atoms with Crippen LogP contribution in [0.3, 0.4) is 0 Å². The number of likely N-dealkylation sites (N-methyl/N-ethyl adjacent to an activating group) is 1. The third-order valence-corrected chi connectivity index (χ3v) is 4.61. The molecule has 0 amide bonds. The van der Waals surface area contributed by atoms with Gasteiger partial charge < -0.3 is 5.73 Å². The van der Waals surface area contributed by atoms with E-state index in [4.69, 9.17) is 5.73 Å². The third kappa shape index (κ3) is 2.17. The number of halogens is 1. The van der Waals surface area contributed by atoms with E-state index in [0.717, 1.165) is 13.1 Å². The summed E-state index contributed by atoms with van der Waals surface area (Å²) in [5, 5.41) is 0. The van der Waals surface area contributed by atoms with Gasteiger partial charge in [-0.05, 0) is 37.9 Å². The molecule has 1 fully saturated rings. The Bertz CT molecular complexity index is 355. The van der Waals surface area contributed by atoms with E-state index in [2.05, 4.69) is 52.1 Å². The van der Waals surface area contributed by atoms with Crippen molar-refractivity contribution < 1.29 is 0 Å². The molecule has 1 aliphatic carbocycles. The van der Waals surface area contributed by atoms with Gasteiger partial charge in [-0.1, -0.05) is 34.1 Å². The van der Waals surface area contributed by atoms with Crippen molar-refractivity contribution in [1.82, 2.24) is 4.90 Å². The van der Waals surface area contributed by atoms with Crippen LogP contribution in [0.2, 0.25) is 0 Å². The van der Waals surface area contributed by atoms with E-state index in [1.54, 1.807) is 0 Å². The smallest absolute Gasteiger partial charge is 0.0332 e. The molecule has 1 saturated carbocycles.